The van der Waals surface area contributed by atoms with Crippen LogP contribution in [-0.4, -0.2) is 10.9 Å². The van der Waals surface area contributed by atoms with E-state index >= 15 is 0 Å². The average molecular weight is 317 g/mol. The monoisotopic (exact) mass is 317 g/mol. The van der Waals surface area contributed by atoms with E-state index in [1.165, 1.54) is 0 Å². The summed E-state index contributed by atoms with van der Waals surface area (Å²) in [5.41, 5.74) is 3.77. The van der Waals surface area contributed by atoms with Crippen molar-refractivity contribution in [2.45, 2.75) is 13.0 Å². The Kier molecular flexibility index (Phi) is 5.20. The summed E-state index contributed by atoms with van der Waals surface area (Å²) >= 11 is 0. The van der Waals surface area contributed by atoms with Crippen LogP contribution in [0.1, 0.15) is 11.3 Å². The Balaban J connectivity index is 1.51. The van der Waals surface area contributed by atoms with E-state index in [1.807, 2.05) is 72.8 Å². The third kappa shape index (κ3) is 4.68. The molecule has 1 amide bonds. The van der Waals surface area contributed by atoms with E-state index in [1.54, 1.807) is 6.20 Å². The minimum absolute atomic E-state index is 0.0182. The van der Waals surface area contributed by atoms with Gasteiger partial charge in [0.1, 0.15) is 0 Å². The van der Waals surface area contributed by atoms with Gasteiger partial charge in [-0.15, -0.1) is 0 Å². The van der Waals surface area contributed by atoms with Gasteiger partial charge in [-0.05, 0) is 42.0 Å². The maximum Gasteiger partial charge on any atom is 0.228 e. The van der Waals surface area contributed by atoms with Crippen LogP contribution in [0, 0.1) is 0 Å². The lowest BCUT2D eigenvalue weighted by Crippen LogP contribution is -2.14. The van der Waals surface area contributed by atoms with Gasteiger partial charge in [0.25, 0.3) is 0 Å². The number of aromatic nitrogens is 1. The average Bonchev–Trinajstić information content (AvgIpc) is 2.63. The van der Waals surface area contributed by atoms with E-state index in [0.717, 1.165) is 22.6 Å². The quantitative estimate of drug-likeness (QED) is 0.725. The number of hydrogen-bond acceptors (Lipinski definition) is 3. The van der Waals surface area contributed by atoms with Crippen molar-refractivity contribution in [1.82, 2.24) is 4.98 Å². The molecule has 4 nitrogen and oxygen atoms in total. The first-order valence-corrected chi connectivity index (χ1v) is 7.87. The van der Waals surface area contributed by atoms with Gasteiger partial charge < -0.3 is 10.6 Å². The molecule has 120 valence electrons. The fraction of sp³-hybridized carbons (Fsp3) is 0.100. The van der Waals surface area contributed by atoms with Gasteiger partial charge in [0.15, 0.2) is 0 Å². The molecule has 4 heteroatoms. The predicted octanol–water partition coefficient (Wildman–Crippen LogP) is 3.87. The van der Waals surface area contributed by atoms with Crippen LogP contribution in [0.3, 0.4) is 0 Å². The van der Waals surface area contributed by atoms with E-state index in [-0.39, 0.29) is 5.91 Å². The number of hydrogen-bond donors (Lipinski definition) is 2. The Labute approximate surface area is 141 Å². The zero-order chi connectivity index (χ0) is 16.6. The van der Waals surface area contributed by atoms with Crippen LogP contribution in [0.15, 0.2) is 79.0 Å². The lowest BCUT2D eigenvalue weighted by Gasteiger charge is -2.08. The molecule has 0 atom stereocenters. The second-order valence-electron chi connectivity index (χ2n) is 5.46. The number of carbonyl (C=O) groups excluding carboxylic acids is 1. The van der Waals surface area contributed by atoms with Crippen LogP contribution in [0.4, 0.5) is 11.4 Å². The fourth-order valence-electron chi connectivity index (χ4n) is 2.35. The fourth-order valence-corrected chi connectivity index (χ4v) is 2.35. The zero-order valence-corrected chi connectivity index (χ0v) is 13.3. The molecule has 0 aliphatic rings. The molecular formula is C20H19N3O. The molecule has 2 aromatic carbocycles. The first kappa shape index (κ1) is 15.7. The molecule has 0 saturated carbocycles. The molecule has 0 spiro atoms. The molecule has 0 aliphatic heterocycles. The van der Waals surface area contributed by atoms with E-state index in [4.69, 9.17) is 0 Å². The molecule has 0 bridgehead atoms. The highest BCUT2D eigenvalue weighted by atomic mass is 16.1. The van der Waals surface area contributed by atoms with Crippen LogP contribution in [-0.2, 0) is 17.8 Å². The number of carbonyl (C=O) groups is 1. The standard InChI is InChI=1S/C20H19N3O/c24-20(14-16-6-2-1-3-7-16)23-18-11-9-17(10-12-18)22-15-19-8-4-5-13-21-19/h1-13,22H,14-15H2,(H,23,24). The van der Waals surface area contributed by atoms with Crippen LogP contribution in [0.2, 0.25) is 0 Å². The summed E-state index contributed by atoms with van der Waals surface area (Å²) < 4.78 is 0. The van der Waals surface area contributed by atoms with Crippen molar-refractivity contribution in [1.29, 1.82) is 0 Å². The molecule has 24 heavy (non-hydrogen) atoms. The first-order valence-electron chi connectivity index (χ1n) is 7.87. The topological polar surface area (TPSA) is 54.0 Å². The van der Waals surface area contributed by atoms with Gasteiger partial charge in [-0.1, -0.05) is 36.4 Å². The summed E-state index contributed by atoms with van der Waals surface area (Å²) in [7, 11) is 0. The number of benzene rings is 2. The summed E-state index contributed by atoms with van der Waals surface area (Å²) in [5.74, 6) is -0.0182. The Morgan fingerprint density at radius 1 is 0.833 bits per heavy atom. The molecule has 2 N–H and O–H groups in total. The molecular weight excluding hydrogens is 298 g/mol. The molecule has 1 heterocycles. The first-order chi connectivity index (χ1) is 11.8. The molecule has 1 aromatic heterocycles. The van der Waals surface area contributed by atoms with Gasteiger partial charge in [-0.25, -0.2) is 0 Å². The third-order valence-corrected chi connectivity index (χ3v) is 3.58. The predicted molar refractivity (Wildman–Crippen MR) is 96.8 cm³/mol. The minimum Gasteiger partial charge on any atom is -0.379 e. The maximum absolute atomic E-state index is 12.0. The van der Waals surface area contributed by atoms with Crippen LogP contribution in [0.25, 0.3) is 0 Å². The van der Waals surface area contributed by atoms with Crippen molar-refractivity contribution < 1.29 is 4.79 Å². The van der Waals surface area contributed by atoms with Crippen molar-refractivity contribution in [3.05, 3.63) is 90.3 Å². The number of nitrogens with zero attached hydrogens (tertiary/aromatic N) is 1. The summed E-state index contributed by atoms with van der Waals surface area (Å²) in [5, 5.41) is 6.22. The third-order valence-electron chi connectivity index (χ3n) is 3.58. The largest absolute Gasteiger partial charge is 0.379 e. The number of anilines is 2. The van der Waals surface area contributed by atoms with Crippen molar-refractivity contribution in [3.8, 4) is 0 Å². The molecule has 0 aliphatic carbocycles. The highest BCUT2D eigenvalue weighted by Gasteiger charge is 2.04. The molecule has 3 rings (SSSR count). The van der Waals surface area contributed by atoms with Crippen molar-refractivity contribution in [3.63, 3.8) is 0 Å². The Bertz CT molecular complexity index is 771. The Morgan fingerprint density at radius 2 is 1.54 bits per heavy atom. The summed E-state index contributed by atoms with van der Waals surface area (Å²) in [4.78, 5) is 16.3. The van der Waals surface area contributed by atoms with Gasteiger partial charge >= 0.3 is 0 Å². The van der Waals surface area contributed by atoms with Gasteiger partial charge in [-0.3, -0.25) is 9.78 Å². The molecule has 3 aromatic rings. The summed E-state index contributed by atoms with van der Waals surface area (Å²) in [6.07, 6.45) is 2.16. The number of pyridine rings is 1. The second-order valence-corrected chi connectivity index (χ2v) is 5.46. The summed E-state index contributed by atoms with van der Waals surface area (Å²) in [6, 6.07) is 23.2. The van der Waals surface area contributed by atoms with Crippen molar-refractivity contribution >= 4 is 17.3 Å². The van der Waals surface area contributed by atoms with Gasteiger partial charge in [-0.2, -0.15) is 0 Å². The highest BCUT2D eigenvalue weighted by molar-refractivity contribution is 5.92. The smallest absolute Gasteiger partial charge is 0.228 e. The van der Waals surface area contributed by atoms with Gasteiger partial charge in [0.2, 0.25) is 5.91 Å². The van der Waals surface area contributed by atoms with Crippen LogP contribution in [0.5, 0.6) is 0 Å². The second kappa shape index (κ2) is 7.92. The van der Waals surface area contributed by atoms with E-state index in [2.05, 4.69) is 15.6 Å². The van der Waals surface area contributed by atoms with Crippen molar-refractivity contribution in [2.75, 3.05) is 10.6 Å². The molecule has 0 radical (unpaired) electrons. The van der Waals surface area contributed by atoms with E-state index < -0.39 is 0 Å². The Morgan fingerprint density at radius 3 is 2.25 bits per heavy atom. The van der Waals surface area contributed by atoms with Crippen molar-refractivity contribution in [2.24, 2.45) is 0 Å². The molecule has 0 fully saturated rings. The lowest BCUT2D eigenvalue weighted by atomic mass is 10.1. The van der Waals surface area contributed by atoms with E-state index in [9.17, 15) is 4.79 Å². The molecule has 0 unspecified atom stereocenters. The SMILES string of the molecule is O=C(Cc1ccccc1)Nc1ccc(NCc2ccccn2)cc1. The number of rotatable bonds is 6. The zero-order valence-electron chi connectivity index (χ0n) is 13.3. The number of nitrogens with one attached hydrogen (secondary N) is 2. The molecule has 0 saturated heterocycles. The highest BCUT2D eigenvalue weighted by Crippen LogP contribution is 2.14. The Hall–Kier alpha value is -3.14. The van der Waals surface area contributed by atoms with E-state index in [0.29, 0.717) is 13.0 Å². The van der Waals surface area contributed by atoms with Crippen LogP contribution >= 0.6 is 0 Å². The van der Waals surface area contributed by atoms with Crippen LogP contribution < -0.4 is 10.6 Å². The lowest BCUT2D eigenvalue weighted by molar-refractivity contribution is -0.115. The normalized spacial score (nSPS) is 10.2. The summed E-state index contributed by atoms with van der Waals surface area (Å²) in [6.45, 7) is 0.667. The minimum atomic E-state index is -0.0182. The number of amides is 1. The van der Waals surface area contributed by atoms with Gasteiger partial charge in [0.05, 0.1) is 18.7 Å². The maximum atomic E-state index is 12.0. The van der Waals surface area contributed by atoms with Gasteiger partial charge in [0, 0.05) is 17.6 Å².